The van der Waals surface area contributed by atoms with Crippen LogP contribution < -0.4 is 9.64 Å². The lowest BCUT2D eigenvalue weighted by Gasteiger charge is -2.25. The lowest BCUT2D eigenvalue weighted by Crippen LogP contribution is -2.30. The number of aliphatic hydroxyl groups excluding tert-OH is 1. The zero-order chi connectivity index (χ0) is 25.8. The lowest BCUT2D eigenvalue weighted by atomic mass is 9.98. The average Bonchev–Trinajstić information content (AvgIpc) is 3.17. The lowest BCUT2D eigenvalue weighted by molar-refractivity contribution is -0.132. The first-order valence-corrected chi connectivity index (χ1v) is 11.6. The number of methoxy groups -OCH3 is 1. The SMILES string of the molecule is CCCOC(=O)c1cccc(N2C(=O)C(=O)/C(=C(/O)c3ccc(Cl)c(OC)c3)C2c2ccccn2)c1. The second-order valence-corrected chi connectivity index (χ2v) is 8.37. The van der Waals surface area contributed by atoms with Crippen LogP contribution in [0.25, 0.3) is 5.76 Å². The highest BCUT2D eigenvalue weighted by atomic mass is 35.5. The largest absolute Gasteiger partial charge is 0.507 e. The number of nitrogens with zero attached hydrogens (tertiary/aromatic N) is 2. The number of Topliss-reactive ketones (excluding diaryl/α,β-unsaturated/α-hetero) is 1. The summed E-state index contributed by atoms with van der Waals surface area (Å²) in [6.07, 6.45) is 2.19. The zero-order valence-electron chi connectivity index (χ0n) is 19.6. The van der Waals surface area contributed by atoms with Gasteiger partial charge < -0.3 is 14.6 Å². The van der Waals surface area contributed by atoms with Gasteiger partial charge in [-0.15, -0.1) is 0 Å². The van der Waals surface area contributed by atoms with E-state index in [1.165, 1.54) is 42.5 Å². The van der Waals surface area contributed by atoms with Crippen molar-refractivity contribution in [2.75, 3.05) is 18.6 Å². The second-order valence-electron chi connectivity index (χ2n) is 7.96. The van der Waals surface area contributed by atoms with Crippen molar-refractivity contribution in [1.29, 1.82) is 0 Å². The van der Waals surface area contributed by atoms with Crippen LogP contribution in [0.15, 0.2) is 72.4 Å². The Balaban J connectivity index is 1.87. The summed E-state index contributed by atoms with van der Waals surface area (Å²) in [6, 6.07) is 14.8. The number of esters is 1. The molecule has 1 saturated heterocycles. The molecule has 2 aromatic carbocycles. The van der Waals surface area contributed by atoms with Crippen molar-refractivity contribution in [2.45, 2.75) is 19.4 Å². The van der Waals surface area contributed by atoms with Gasteiger partial charge in [0.25, 0.3) is 11.7 Å². The summed E-state index contributed by atoms with van der Waals surface area (Å²) in [7, 11) is 1.43. The Morgan fingerprint density at radius 3 is 2.58 bits per heavy atom. The summed E-state index contributed by atoms with van der Waals surface area (Å²) < 4.78 is 10.4. The van der Waals surface area contributed by atoms with Gasteiger partial charge in [-0.25, -0.2) is 4.79 Å². The van der Waals surface area contributed by atoms with Crippen LogP contribution in [0, 0.1) is 0 Å². The number of ether oxygens (including phenoxy) is 2. The molecular weight excluding hydrogens is 484 g/mol. The first-order valence-electron chi connectivity index (χ1n) is 11.2. The minimum Gasteiger partial charge on any atom is -0.507 e. The van der Waals surface area contributed by atoms with Gasteiger partial charge in [0.2, 0.25) is 0 Å². The maximum atomic E-state index is 13.3. The molecule has 8 nitrogen and oxygen atoms in total. The highest BCUT2D eigenvalue weighted by molar-refractivity contribution is 6.51. The van der Waals surface area contributed by atoms with E-state index in [0.717, 1.165) is 0 Å². The van der Waals surface area contributed by atoms with E-state index in [-0.39, 0.29) is 29.0 Å². The molecule has 1 aliphatic rings. The molecule has 3 aromatic rings. The predicted octanol–water partition coefficient (Wildman–Crippen LogP) is 4.94. The molecule has 0 aliphatic carbocycles. The quantitative estimate of drug-likeness (QED) is 0.209. The molecule has 0 saturated carbocycles. The number of amides is 1. The summed E-state index contributed by atoms with van der Waals surface area (Å²) in [5, 5.41) is 11.6. The number of carbonyl (C=O) groups excluding carboxylic acids is 3. The number of carbonyl (C=O) groups is 3. The van der Waals surface area contributed by atoms with E-state index >= 15 is 0 Å². The Morgan fingerprint density at radius 1 is 1.08 bits per heavy atom. The molecule has 4 rings (SSSR count). The maximum Gasteiger partial charge on any atom is 0.338 e. The normalized spacial score (nSPS) is 16.8. The van der Waals surface area contributed by atoms with Crippen LogP contribution in [0.3, 0.4) is 0 Å². The van der Waals surface area contributed by atoms with Gasteiger partial charge in [-0.3, -0.25) is 19.5 Å². The molecule has 0 spiro atoms. The highest BCUT2D eigenvalue weighted by Gasteiger charge is 2.47. The molecule has 9 heteroatoms. The minimum atomic E-state index is -1.05. The van der Waals surface area contributed by atoms with Crippen LogP contribution in [0.5, 0.6) is 5.75 Å². The van der Waals surface area contributed by atoms with Gasteiger partial charge in [-0.2, -0.15) is 0 Å². The minimum absolute atomic E-state index is 0.151. The zero-order valence-corrected chi connectivity index (χ0v) is 20.4. The maximum absolute atomic E-state index is 13.3. The first-order chi connectivity index (χ1) is 17.4. The van der Waals surface area contributed by atoms with Gasteiger partial charge in [0.05, 0.1) is 35.6 Å². The van der Waals surface area contributed by atoms with Crippen molar-refractivity contribution < 1.29 is 29.0 Å². The fourth-order valence-electron chi connectivity index (χ4n) is 3.94. The smallest absolute Gasteiger partial charge is 0.338 e. The molecule has 1 fully saturated rings. The van der Waals surface area contributed by atoms with Gasteiger partial charge in [0, 0.05) is 17.4 Å². The van der Waals surface area contributed by atoms with Crippen molar-refractivity contribution in [3.05, 3.63) is 94.3 Å². The van der Waals surface area contributed by atoms with Crippen molar-refractivity contribution in [3.63, 3.8) is 0 Å². The number of benzene rings is 2. The molecule has 1 aromatic heterocycles. The Morgan fingerprint density at radius 2 is 1.89 bits per heavy atom. The topological polar surface area (TPSA) is 106 Å². The molecule has 1 aliphatic heterocycles. The molecule has 1 atom stereocenters. The molecule has 1 N–H and O–H groups in total. The van der Waals surface area contributed by atoms with Gasteiger partial charge in [-0.05, 0) is 55.0 Å². The van der Waals surface area contributed by atoms with Crippen LogP contribution in [0.4, 0.5) is 5.69 Å². The van der Waals surface area contributed by atoms with Gasteiger partial charge in [0.1, 0.15) is 17.6 Å². The number of aliphatic hydroxyl groups is 1. The monoisotopic (exact) mass is 506 g/mol. The van der Waals surface area contributed by atoms with E-state index < -0.39 is 29.5 Å². The number of hydrogen-bond acceptors (Lipinski definition) is 7. The fourth-order valence-corrected chi connectivity index (χ4v) is 4.13. The summed E-state index contributed by atoms with van der Waals surface area (Å²) in [5.74, 6) is -2.41. The molecule has 2 heterocycles. The van der Waals surface area contributed by atoms with Crippen LogP contribution in [0.1, 0.15) is 41.0 Å². The van der Waals surface area contributed by atoms with Crippen molar-refractivity contribution in [3.8, 4) is 5.75 Å². The van der Waals surface area contributed by atoms with Gasteiger partial charge in [-0.1, -0.05) is 30.7 Å². The van der Waals surface area contributed by atoms with Crippen LogP contribution >= 0.6 is 11.6 Å². The summed E-state index contributed by atoms with van der Waals surface area (Å²) >= 11 is 6.11. The van der Waals surface area contributed by atoms with E-state index in [2.05, 4.69) is 4.98 Å². The molecule has 0 radical (unpaired) electrons. The number of halogens is 1. The number of pyridine rings is 1. The molecule has 1 unspecified atom stereocenters. The Bertz CT molecular complexity index is 1360. The van der Waals surface area contributed by atoms with Crippen LogP contribution in [0.2, 0.25) is 5.02 Å². The van der Waals surface area contributed by atoms with E-state index in [1.54, 1.807) is 36.4 Å². The fraction of sp³-hybridized carbons (Fsp3) is 0.185. The number of hydrogen-bond donors (Lipinski definition) is 1. The van der Waals surface area contributed by atoms with Crippen LogP contribution in [-0.4, -0.2) is 41.5 Å². The molecular formula is C27H23ClN2O6. The van der Waals surface area contributed by atoms with Crippen molar-refractivity contribution in [2.24, 2.45) is 0 Å². The first kappa shape index (κ1) is 24.9. The number of aromatic nitrogens is 1. The van der Waals surface area contributed by atoms with Crippen molar-refractivity contribution >= 4 is 40.7 Å². The van der Waals surface area contributed by atoms with E-state index in [0.29, 0.717) is 22.9 Å². The van der Waals surface area contributed by atoms with E-state index in [9.17, 15) is 19.5 Å². The second kappa shape index (κ2) is 10.6. The van der Waals surface area contributed by atoms with Crippen LogP contribution in [-0.2, 0) is 14.3 Å². The number of rotatable bonds is 7. The van der Waals surface area contributed by atoms with E-state index in [1.807, 2.05) is 6.92 Å². The van der Waals surface area contributed by atoms with E-state index in [4.69, 9.17) is 21.1 Å². The predicted molar refractivity (Wildman–Crippen MR) is 134 cm³/mol. The Kier molecular flexibility index (Phi) is 7.36. The third-order valence-corrected chi connectivity index (χ3v) is 5.95. The highest BCUT2D eigenvalue weighted by Crippen LogP contribution is 2.42. The van der Waals surface area contributed by atoms with Gasteiger partial charge >= 0.3 is 5.97 Å². The Hall–Kier alpha value is -4.17. The third-order valence-electron chi connectivity index (χ3n) is 5.63. The Labute approximate surface area is 212 Å². The number of anilines is 1. The molecule has 0 bridgehead atoms. The summed E-state index contributed by atoms with van der Waals surface area (Å²) in [4.78, 5) is 44.6. The molecule has 1 amide bonds. The standard InChI is InChI=1S/C27H23ClN2O6/c1-3-13-36-27(34)17-7-6-8-18(14-17)30-23(20-9-4-5-12-29-20)22(25(32)26(30)33)24(31)16-10-11-19(28)21(15-16)35-2/h4-12,14-15,23,31H,3,13H2,1-2H3/b24-22+. The average molecular weight is 507 g/mol. The van der Waals surface area contributed by atoms with Crippen molar-refractivity contribution in [1.82, 2.24) is 4.98 Å². The third kappa shape index (κ3) is 4.67. The summed E-state index contributed by atoms with van der Waals surface area (Å²) in [5.41, 5.74) is 0.962. The molecule has 36 heavy (non-hydrogen) atoms. The van der Waals surface area contributed by atoms with Gasteiger partial charge in [0.15, 0.2) is 0 Å². The summed E-state index contributed by atoms with van der Waals surface area (Å²) in [6.45, 7) is 2.14. The molecule has 184 valence electrons. The number of ketones is 1.